The van der Waals surface area contributed by atoms with Crippen molar-refractivity contribution in [2.24, 2.45) is 0 Å². The third-order valence-electron chi connectivity index (χ3n) is 1.68. The van der Waals surface area contributed by atoms with Crippen LogP contribution in [0.5, 0.6) is 5.75 Å². The monoisotopic (exact) mass is 228 g/mol. The maximum absolute atomic E-state index is 10.8. The first-order valence-corrected chi connectivity index (χ1v) is 5.98. The van der Waals surface area contributed by atoms with Gasteiger partial charge < -0.3 is 4.74 Å². The topological polar surface area (TPSA) is 26.3 Å². The van der Waals surface area contributed by atoms with Crippen molar-refractivity contribution in [1.82, 2.24) is 0 Å². The molecule has 0 unspecified atom stereocenters. The molecule has 0 amide bonds. The molecule has 0 aliphatic heterocycles. The van der Waals surface area contributed by atoms with Gasteiger partial charge in [-0.2, -0.15) is 0 Å². The van der Waals surface area contributed by atoms with Crippen LogP contribution in [0.25, 0.3) is 0 Å². The van der Waals surface area contributed by atoms with Gasteiger partial charge in [0, 0.05) is 5.56 Å². The van der Waals surface area contributed by atoms with E-state index >= 15 is 0 Å². The average Bonchev–Trinajstić information content (AvgIpc) is 2.26. The molecule has 0 N–H and O–H groups in total. The molecule has 0 bridgehead atoms. The standard InChI is InChI=1S/C10H12O2S2/c1-3-13-10(14-11)8-4-6-9(12-2)7-5-8/h4-7H,3H2,1-2H3. The lowest BCUT2D eigenvalue weighted by molar-refractivity contribution is 0.415. The minimum atomic E-state index is 0.550. The van der Waals surface area contributed by atoms with Crippen molar-refractivity contribution in [3.63, 3.8) is 0 Å². The highest BCUT2D eigenvalue weighted by molar-refractivity contribution is 8.21. The third-order valence-corrected chi connectivity index (χ3v) is 3.41. The summed E-state index contributed by atoms with van der Waals surface area (Å²) in [4.78, 5) is 0. The van der Waals surface area contributed by atoms with Crippen LogP contribution in [0, 0.1) is 0 Å². The van der Waals surface area contributed by atoms with Crippen molar-refractivity contribution >= 4 is 27.2 Å². The zero-order valence-corrected chi connectivity index (χ0v) is 9.78. The molecular formula is C10H12O2S2. The number of ether oxygens (including phenoxy) is 1. The second kappa shape index (κ2) is 5.88. The lowest BCUT2D eigenvalue weighted by Crippen LogP contribution is -1.95. The lowest BCUT2D eigenvalue weighted by atomic mass is 10.2. The normalized spacial score (nSPS) is 9.57. The Morgan fingerprint density at radius 3 is 2.43 bits per heavy atom. The van der Waals surface area contributed by atoms with Crippen molar-refractivity contribution in [2.75, 3.05) is 12.9 Å². The number of methoxy groups -OCH3 is 1. The van der Waals surface area contributed by atoms with Gasteiger partial charge in [-0.15, -0.1) is 11.8 Å². The van der Waals surface area contributed by atoms with Crippen molar-refractivity contribution in [3.8, 4) is 5.75 Å². The lowest BCUT2D eigenvalue weighted by Gasteiger charge is -2.02. The van der Waals surface area contributed by atoms with Gasteiger partial charge in [-0.25, -0.2) is 4.21 Å². The molecule has 1 aromatic rings. The van der Waals surface area contributed by atoms with Crippen LogP contribution in [-0.4, -0.2) is 21.3 Å². The molecular weight excluding hydrogens is 216 g/mol. The van der Waals surface area contributed by atoms with E-state index in [1.165, 1.54) is 0 Å². The Morgan fingerprint density at radius 2 is 2.00 bits per heavy atom. The molecule has 0 aliphatic rings. The molecule has 76 valence electrons. The average molecular weight is 228 g/mol. The maximum Gasteiger partial charge on any atom is 0.118 e. The second-order valence-electron chi connectivity index (χ2n) is 2.53. The minimum Gasteiger partial charge on any atom is -0.497 e. The molecule has 1 rings (SSSR count). The molecule has 0 aromatic heterocycles. The Hall–Kier alpha value is -0.740. The molecule has 0 radical (unpaired) electrons. The Morgan fingerprint density at radius 1 is 1.36 bits per heavy atom. The summed E-state index contributed by atoms with van der Waals surface area (Å²) in [5, 5.41) is 0. The highest BCUT2D eigenvalue weighted by atomic mass is 32.2. The number of hydrogen-bond donors (Lipinski definition) is 0. The van der Waals surface area contributed by atoms with E-state index in [-0.39, 0.29) is 0 Å². The zero-order chi connectivity index (χ0) is 10.4. The molecule has 0 aliphatic carbocycles. The molecule has 0 atom stereocenters. The van der Waals surface area contributed by atoms with Crippen LogP contribution in [0.1, 0.15) is 12.5 Å². The fourth-order valence-corrected chi connectivity index (χ4v) is 2.36. The Labute approximate surface area is 91.7 Å². The van der Waals surface area contributed by atoms with Crippen molar-refractivity contribution in [1.29, 1.82) is 0 Å². The summed E-state index contributed by atoms with van der Waals surface area (Å²) in [6.45, 7) is 2.03. The van der Waals surface area contributed by atoms with Crippen molar-refractivity contribution < 1.29 is 8.95 Å². The number of hydrogen-bond acceptors (Lipinski definition) is 3. The van der Waals surface area contributed by atoms with Gasteiger partial charge in [0.15, 0.2) is 0 Å². The van der Waals surface area contributed by atoms with E-state index in [9.17, 15) is 4.21 Å². The first-order valence-electron chi connectivity index (χ1n) is 4.25. The first-order chi connectivity index (χ1) is 6.81. The molecule has 0 saturated heterocycles. The number of benzene rings is 1. The Kier molecular flexibility index (Phi) is 4.76. The molecule has 14 heavy (non-hydrogen) atoms. The molecule has 0 fully saturated rings. The van der Waals surface area contributed by atoms with Crippen LogP contribution in [0.4, 0.5) is 0 Å². The molecule has 0 heterocycles. The van der Waals surface area contributed by atoms with E-state index in [2.05, 4.69) is 0 Å². The van der Waals surface area contributed by atoms with Crippen molar-refractivity contribution in [2.45, 2.75) is 6.92 Å². The maximum atomic E-state index is 10.8. The van der Waals surface area contributed by atoms with Crippen molar-refractivity contribution in [3.05, 3.63) is 29.8 Å². The Balaban J connectivity index is 2.90. The first kappa shape index (κ1) is 11.3. The van der Waals surface area contributed by atoms with Gasteiger partial charge in [0.05, 0.1) is 7.11 Å². The van der Waals surface area contributed by atoms with Gasteiger partial charge in [-0.3, -0.25) is 0 Å². The summed E-state index contributed by atoms with van der Waals surface area (Å²) in [5.41, 5.74) is 0.970. The summed E-state index contributed by atoms with van der Waals surface area (Å²) in [6.07, 6.45) is 0. The van der Waals surface area contributed by atoms with Gasteiger partial charge in [0.1, 0.15) is 21.2 Å². The van der Waals surface area contributed by atoms with Crippen LogP contribution in [-0.2, 0) is 11.3 Å². The predicted octanol–water partition coefficient (Wildman–Crippen LogP) is 2.14. The summed E-state index contributed by atoms with van der Waals surface area (Å²) in [6, 6.07) is 7.53. The van der Waals surface area contributed by atoms with Crippen LogP contribution < -0.4 is 4.74 Å². The summed E-state index contributed by atoms with van der Waals surface area (Å²) in [5.74, 6) is 1.72. The van der Waals surface area contributed by atoms with Crippen LogP contribution in [0.2, 0.25) is 0 Å². The number of rotatable bonds is 3. The zero-order valence-electron chi connectivity index (χ0n) is 8.15. The van der Waals surface area contributed by atoms with E-state index < -0.39 is 0 Å². The quantitative estimate of drug-likeness (QED) is 0.741. The highest BCUT2D eigenvalue weighted by Gasteiger charge is 2.02. The molecule has 0 saturated carbocycles. The molecule has 1 aromatic carbocycles. The summed E-state index contributed by atoms with van der Waals surface area (Å²) in [7, 11) is 1.63. The van der Waals surface area contributed by atoms with E-state index in [4.69, 9.17) is 4.74 Å². The molecule has 2 nitrogen and oxygen atoms in total. The Bertz CT molecular complexity index is 340. The minimum absolute atomic E-state index is 0.550. The fraction of sp³-hybridized carbons (Fsp3) is 0.300. The van der Waals surface area contributed by atoms with E-state index in [0.29, 0.717) is 11.3 Å². The van der Waals surface area contributed by atoms with E-state index in [1.54, 1.807) is 18.9 Å². The summed E-state index contributed by atoms with van der Waals surface area (Å²) >= 11 is 2.12. The van der Waals surface area contributed by atoms with E-state index in [0.717, 1.165) is 21.3 Å². The van der Waals surface area contributed by atoms with Crippen LogP contribution >= 0.6 is 11.8 Å². The van der Waals surface area contributed by atoms with Crippen LogP contribution in [0.15, 0.2) is 24.3 Å². The van der Waals surface area contributed by atoms with Gasteiger partial charge in [-0.05, 0) is 30.0 Å². The van der Waals surface area contributed by atoms with Gasteiger partial charge in [0.2, 0.25) is 0 Å². The summed E-state index contributed by atoms with van der Waals surface area (Å²) < 4.78 is 16.7. The SMILES string of the molecule is CCSC(=S=O)c1ccc(OC)cc1. The van der Waals surface area contributed by atoms with Gasteiger partial charge in [0.25, 0.3) is 0 Å². The smallest absolute Gasteiger partial charge is 0.118 e. The van der Waals surface area contributed by atoms with E-state index in [1.807, 2.05) is 31.2 Å². The molecule has 0 spiro atoms. The number of thioether (sulfide) groups is 1. The third kappa shape index (κ3) is 2.89. The predicted molar refractivity (Wildman–Crippen MR) is 63.4 cm³/mol. The highest BCUT2D eigenvalue weighted by Crippen LogP contribution is 2.16. The van der Waals surface area contributed by atoms with Crippen LogP contribution in [0.3, 0.4) is 0 Å². The largest absolute Gasteiger partial charge is 0.497 e. The fourth-order valence-electron chi connectivity index (χ4n) is 1.01. The molecule has 4 heteroatoms. The second-order valence-corrected chi connectivity index (χ2v) is 4.64. The van der Waals surface area contributed by atoms with Gasteiger partial charge in [-0.1, -0.05) is 6.92 Å². The van der Waals surface area contributed by atoms with Gasteiger partial charge >= 0.3 is 0 Å².